The van der Waals surface area contributed by atoms with E-state index in [1.54, 1.807) is 30.3 Å². The average molecular weight is 436 g/mol. The SMILES string of the molecule is O=C(NCC(Cc1ccccc1)C(=O)O)c1nnn(-c2ccc(F)cc2)c1C(F)(F)F. The van der Waals surface area contributed by atoms with Gasteiger partial charge in [-0.05, 0) is 36.2 Å². The van der Waals surface area contributed by atoms with Crippen LogP contribution < -0.4 is 5.32 Å². The number of hydrogen-bond acceptors (Lipinski definition) is 4. The van der Waals surface area contributed by atoms with Gasteiger partial charge in [-0.1, -0.05) is 35.5 Å². The van der Waals surface area contributed by atoms with Gasteiger partial charge in [-0.15, -0.1) is 5.10 Å². The van der Waals surface area contributed by atoms with E-state index in [0.29, 0.717) is 10.2 Å². The Morgan fingerprint density at radius 3 is 2.29 bits per heavy atom. The number of rotatable bonds is 7. The number of carbonyl (C=O) groups is 2. The highest BCUT2D eigenvalue weighted by Crippen LogP contribution is 2.32. The number of alkyl halides is 3. The highest BCUT2D eigenvalue weighted by molar-refractivity contribution is 5.93. The highest BCUT2D eigenvalue weighted by atomic mass is 19.4. The number of amides is 1. The summed E-state index contributed by atoms with van der Waals surface area (Å²) < 4.78 is 54.4. The van der Waals surface area contributed by atoms with Crippen molar-refractivity contribution < 1.29 is 32.3 Å². The van der Waals surface area contributed by atoms with Crippen molar-refractivity contribution in [2.75, 3.05) is 6.54 Å². The Labute approximate surface area is 173 Å². The first-order valence-electron chi connectivity index (χ1n) is 9.00. The lowest BCUT2D eigenvalue weighted by Gasteiger charge is -2.14. The minimum Gasteiger partial charge on any atom is -0.481 e. The van der Waals surface area contributed by atoms with Gasteiger partial charge in [-0.25, -0.2) is 9.07 Å². The van der Waals surface area contributed by atoms with Gasteiger partial charge >= 0.3 is 12.1 Å². The van der Waals surface area contributed by atoms with E-state index in [1.165, 1.54) is 0 Å². The number of carboxylic acids is 1. The molecule has 1 atom stereocenters. The maximum absolute atomic E-state index is 13.6. The smallest absolute Gasteiger partial charge is 0.435 e. The summed E-state index contributed by atoms with van der Waals surface area (Å²) in [7, 11) is 0. The number of halogens is 4. The first-order valence-corrected chi connectivity index (χ1v) is 9.00. The maximum Gasteiger partial charge on any atom is 0.435 e. The van der Waals surface area contributed by atoms with Crippen molar-refractivity contribution in [3.05, 3.63) is 77.4 Å². The zero-order valence-electron chi connectivity index (χ0n) is 15.8. The molecular weight excluding hydrogens is 420 g/mol. The third kappa shape index (κ3) is 5.24. The van der Waals surface area contributed by atoms with Crippen LogP contribution in [0.25, 0.3) is 5.69 Å². The molecular formula is C20H16F4N4O3. The van der Waals surface area contributed by atoms with Crippen LogP contribution in [-0.4, -0.2) is 38.5 Å². The van der Waals surface area contributed by atoms with E-state index < -0.39 is 47.7 Å². The molecule has 162 valence electrons. The van der Waals surface area contributed by atoms with Crippen LogP contribution in [0.2, 0.25) is 0 Å². The van der Waals surface area contributed by atoms with E-state index in [-0.39, 0.29) is 12.1 Å². The van der Waals surface area contributed by atoms with Crippen LogP contribution in [0.4, 0.5) is 17.6 Å². The molecule has 0 radical (unpaired) electrons. The first kappa shape index (κ1) is 21.9. The molecule has 1 heterocycles. The molecule has 1 unspecified atom stereocenters. The molecule has 0 spiro atoms. The van der Waals surface area contributed by atoms with Gasteiger partial charge in [0, 0.05) is 6.54 Å². The van der Waals surface area contributed by atoms with Crippen LogP contribution in [0, 0.1) is 11.7 Å². The second kappa shape index (κ2) is 8.94. The number of nitrogens with one attached hydrogen (secondary N) is 1. The third-order valence-electron chi connectivity index (χ3n) is 4.41. The number of aliphatic carboxylic acids is 1. The first-order chi connectivity index (χ1) is 14.7. The van der Waals surface area contributed by atoms with Crippen LogP contribution in [0.1, 0.15) is 21.7 Å². The van der Waals surface area contributed by atoms with E-state index in [0.717, 1.165) is 24.3 Å². The fraction of sp³-hybridized carbons (Fsp3) is 0.200. The number of hydrogen-bond donors (Lipinski definition) is 2. The second-order valence-electron chi connectivity index (χ2n) is 6.61. The van der Waals surface area contributed by atoms with Gasteiger partial charge in [0.15, 0.2) is 11.4 Å². The normalized spacial score (nSPS) is 12.4. The molecule has 7 nitrogen and oxygen atoms in total. The quantitative estimate of drug-likeness (QED) is 0.555. The van der Waals surface area contributed by atoms with E-state index >= 15 is 0 Å². The van der Waals surface area contributed by atoms with E-state index in [1.807, 2.05) is 0 Å². The maximum atomic E-state index is 13.6. The third-order valence-corrected chi connectivity index (χ3v) is 4.41. The van der Waals surface area contributed by atoms with Crippen molar-refractivity contribution in [1.82, 2.24) is 20.3 Å². The van der Waals surface area contributed by atoms with E-state index in [4.69, 9.17) is 0 Å². The van der Waals surface area contributed by atoms with Crippen molar-refractivity contribution in [2.24, 2.45) is 5.92 Å². The lowest BCUT2D eigenvalue weighted by Crippen LogP contribution is -2.35. The van der Waals surface area contributed by atoms with Crippen molar-refractivity contribution in [1.29, 1.82) is 0 Å². The Kier molecular flexibility index (Phi) is 6.33. The van der Waals surface area contributed by atoms with Crippen molar-refractivity contribution in [3.63, 3.8) is 0 Å². The second-order valence-corrected chi connectivity index (χ2v) is 6.61. The summed E-state index contributed by atoms with van der Waals surface area (Å²) in [5, 5.41) is 18.3. The fourth-order valence-corrected chi connectivity index (χ4v) is 2.90. The molecule has 3 rings (SSSR count). The molecule has 0 fully saturated rings. The van der Waals surface area contributed by atoms with Crippen molar-refractivity contribution >= 4 is 11.9 Å². The number of nitrogens with zero attached hydrogens (tertiary/aromatic N) is 3. The molecule has 2 aromatic carbocycles. The molecule has 0 bridgehead atoms. The van der Waals surface area contributed by atoms with Gasteiger partial charge in [0.2, 0.25) is 0 Å². The number of carbonyl (C=O) groups excluding carboxylic acids is 1. The van der Waals surface area contributed by atoms with Crippen LogP contribution in [-0.2, 0) is 17.4 Å². The molecule has 0 saturated heterocycles. The summed E-state index contributed by atoms with van der Waals surface area (Å²) in [6, 6.07) is 12.6. The molecule has 1 aromatic heterocycles. The van der Waals surface area contributed by atoms with Crippen molar-refractivity contribution in [2.45, 2.75) is 12.6 Å². The topological polar surface area (TPSA) is 97.1 Å². The van der Waals surface area contributed by atoms with Gasteiger partial charge in [-0.3, -0.25) is 9.59 Å². The zero-order valence-corrected chi connectivity index (χ0v) is 15.8. The predicted octanol–water partition coefficient (Wildman–Crippen LogP) is 3.10. The average Bonchev–Trinajstić information content (AvgIpc) is 3.18. The summed E-state index contributed by atoms with van der Waals surface area (Å²) in [5.74, 6) is -4.16. The standard InChI is InChI=1S/C20H16F4N4O3/c21-14-6-8-15(9-7-14)28-17(20(22,23)24)16(26-27-28)18(29)25-11-13(19(30)31)10-12-4-2-1-3-5-12/h1-9,13H,10-11H2,(H,25,29)(H,30,31). The van der Waals surface area contributed by atoms with Crippen LogP contribution >= 0.6 is 0 Å². The Hall–Kier alpha value is -3.76. The van der Waals surface area contributed by atoms with E-state index in [9.17, 15) is 32.3 Å². The lowest BCUT2D eigenvalue weighted by atomic mass is 9.99. The monoisotopic (exact) mass is 436 g/mol. The van der Waals surface area contributed by atoms with Gasteiger partial charge in [0.25, 0.3) is 5.91 Å². The molecule has 1 amide bonds. The molecule has 3 aromatic rings. The Morgan fingerprint density at radius 1 is 1.06 bits per heavy atom. The van der Waals surface area contributed by atoms with Crippen LogP contribution in [0.15, 0.2) is 54.6 Å². The number of benzene rings is 2. The summed E-state index contributed by atoms with van der Waals surface area (Å²) in [5.41, 5.74) is -1.91. The van der Waals surface area contributed by atoms with E-state index in [2.05, 4.69) is 15.6 Å². The largest absolute Gasteiger partial charge is 0.481 e. The summed E-state index contributed by atoms with van der Waals surface area (Å²) in [6.07, 6.45) is -4.92. The molecule has 0 aliphatic carbocycles. The molecule has 11 heteroatoms. The Morgan fingerprint density at radius 2 is 1.71 bits per heavy atom. The minimum absolute atomic E-state index is 0.0743. The molecule has 0 aliphatic rings. The highest BCUT2D eigenvalue weighted by Gasteiger charge is 2.42. The van der Waals surface area contributed by atoms with Crippen LogP contribution in [0.5, 0.6) is 0 Å². The minimum atomic E-state index is -5.00. The van der Waals surface area contributed by atoms with Gasteiger partial charge in [-0.2, -0.15) is 13.2 Å². The van der Waals surface area contributed by atoms with Gasteiger partial charge in [0.1, 0.15) is 5.82 Å². The Bertz CT molecular complexity index is 1070. The fourth-order valence-electron chi connectivity index (χ4n) is 2.90. The zero-order chi connectivity index (χ0) is 22.6. The van der Waals surface area contributed by atoms with Gasteiger partial charge in [0.05, 0.1) is 11.6 Å². The summed E-state index contributed by atoms with van der Waals surface area (Å²) >= 11 is 0. The summed E-state index contributed by atoms with van der Waals surface area (Å²) in [4.78, 5) is 23.9. The summed E-state index contributed by atoms with van der Waals surface area (Å²) in [6.45, 7) is -0.413. The number of aromatic nitrogens is 3. The molecule has 31 heavy (non-hydrogen) atoms. The lowest BCUT2D eigenvalue weighted by molar-refractivity contribution is -0.143. The van der Waals surface area contributed by atoms with Crippen LogP contribution in [0.3, 0.4) is 0 Å². The Balaban J connectivity index is 1.82. The predicted molar refractivity (Wildman–Crippen MR) is 99.9 cm³/mol. The molecule has 2 N–H and O–H groups in total. The molecule has 0 aliphatic heterocycles. The van der Waals surface area contributed by atoms with Gasteiger partial charge < -0.3 is 10.4 Å². The molecule has 0 saturated carbocycles. The van der Waals surface area contributed by atoms with Crippen molar-refractivity contribution in [3.8, 4) is 5.69 Å². The number of carboxylic acid groups (broad SMARTS) is 1.